The highest BCUT2D eigenvalue weighted by molar-refractivity contribution is 5.81. The van der Waals surface area contributed by atoms with E-state index in [1.54, 1.807) is 6.26 Å². The maximum atomic E-state index is 10.7. The van der Waals surface area contributed by atoms with Crippen LogP contribution < -0.4 is 10.8 Å². The van der Waals surface area contributed by atoms with Gasteiger partial charge in [0, 0.05) is 37.0 Å². The zero-order valence-corrected chi connectivity index (χ0v) is 17.7. The summed E-state index contributed by atoms with van der Waals surface area (Å²) >= 11 is 0. The van der Waals surface area contributed by atoms with Gasteiger partial charge in [-0.3, -0.25) is 4.40 Å². The normalized spacial score (nSPS) is 20.6. The molecule has 8 heteroatoms. The summed E-state index contributed by atoms with van der Waals surface area (Å²) in [5, 5.41) is 23.3. The zero-order valence-electron chi connectivity index (χ0n) is 17.7. The Bertz CT molecular complexity index is 1210. The molecule has 8 nitrogen and oxygen atoms in total. The van der Waals surface area contributed by atoms with Gasteiger partial charge in [-0.25, -0.2) is 5.48 Å². The van der Waals surface area contributed by atoms with Crippen LogP contribution in [0.4, 0.5) is 5.95 Å². The van der Waals surface area contributed by atoms with Gasteiger partial charge < -0.3 is 20.2 Å². The molecule has 1 aliphatic carbocycles. The number of benzene rings is 1. The molecule has 3 N–H and O–H groups in total. The summed E-state index contributed by atoms with van der Waals surface area (Å²) in [7, 11) is 0. The molecule has 2 aromatic heterocycles. The van der Waals surface area contributed by atoms with Crippen LogP contribution in [0.5, 0.6) is 5.75 Å². The number of hydrogen-bond donors (Lipinski definition) is 3. The first-order valence-electron chi connectivity index (χ1n) is 11.2. The second kappa shape index (κ2) is 7.78. The molecule has 2 fully saturated rings. The van der Waals surface area contributed by atoms with Gasteiger partial charge in [0.05, 0.1) is 17.4 Å². The Kier molecular flexibility index (Phi) is 4.63. The number of hydroxylamine groups is 1. The van der Waals surface area contributed by atoms with Gasteiger partial charge in [0.25, 0.3) is 0 Å². The first kappa shape index (κ1) is 19.0. The number of allylic oxidation sites excluding steroid dienone is 1. The van der Waals surface area contributed by atoms with Crippen LogP contribution in [-0.4, -0.2) is 43.7 Å². The number of phenolic OH excluding ortho intramolecular Hbond substituents is 1. The molecular weight excluding hydrogens is 404 g/mol. The number of piperidine rings is 1. The third-order valence-electron chi connectivity index (χ3n) is 6.49. The summed E-state index contributed by atoms with van der Waals surface area (Å²) in [6.45, 7) is 1.88. The Balaban J connectivity index is 1.26. The minimum Gasteiger partial charge on any atom is -0.507 e. The molecule has 32 heavy (non-hydrogen) atoms. The summed E-state index contributed by atoms with van der Waals surface area (Å²) in [5.41, 5.74) is 7.44. The quantitative estimate of drug-likeness (QED) is 0.568. The first-order valence-corrected chi connectivity index (χ1v) is 11.2. The maximum Gasteiger partial charge on any atom is 0.228 e. The Labute approximate surface area is 186 Å². The zero-order chi connectivity index (χ0) is 21.5. The van der Waals surface area contributed by atoms with Crippen molar-refractivity contribution in [2.75, 3.05) is 18.4 Å². The minimum atomic E-state index is 0.248. The van der Waals surface area contributed by atoms with Crippen molar-refractivity contribution in [1.82, 2.24) is 25.0 Å². The molecular formula is C24H26N6O2. The molecule has 0 spiro atoms. The van der Waals surface area contributed by atoms with E-state index < -0.39 is 0 Å². The van der Waals surface area contributed by atoms with E-state index in [0.29, 0.717) is 23.1 Å². The third-order valence-corrected chi connectivity index (χ3v) is 6.49. The lowest BCUT2D eigenvalue weighted by molar-refractivity contribution is 0.161. The fourth-order valence-electron chi connectivity index (χ4n) is 4.66. The molecule has 1 aromatic carbocycles. The van der Waals surface area contributed by atoms with Crippen LogP contribution in [0.15, 0.2) is 60.8 Å². The van der Waals surface area contributed by atoms with E-state index in [1.165, 1.54) is 18.4 Å². The lowest BCUT2D eigenvalue weighted by Gasteiger charge is -2.35. The molecule has 1 saturated heterocycles. The monoisotopic (exact) mass is 430 g/mol. The molecule has 3 aliphatic rings. The molecule has 0 bridgehead atoms. The average molecular weight is 431 g/mol. The van der Waals surface area contributed by atoms with Crippen LogP contribution in [0.3, 0.4) is 0 Å². The van der Waals surface area contributed by atoms with Gasteiger partial charge in [0.2, 0.25) is 5.95 Å². The number of nitrogens with one attached hydrogen (secondary N) is 2. The van der Waals surface area contributed by atoms with Gasteiger partial charge in [0.1, 0.15) is 17.7 Å². The van der Waals surface area contributed by atoms with Crippen LogP contribution in [0.25, 0.3) is 16.8 Å². The molecule has 4 heterocycles. The third kappa shape index (κ3) is 3.51. The minimum absolute atomic E-state index is 0.248. The molecule has 0 amide bonds. The van der Waals surface area contributed by atoms with E-state index in [1.807, 2.05) is 47.1 Å². The van der Waals surface area contributed by atoms with E-state index in [-0.39, 0.29) is 11.8 Å². The van der Waals surface area contributed by atoms with Crippen LogP contribution >= 0.6 is 0 Å². The second-order valence-corrected chi connectivity index (χ2v) is 8.72. The highest BCUT2D eigenvalue weighted by atomic mass is 16.6. The highest BCUT2D eigenvalue weighted by Crippen LogP contribution is 2.43. The summed E-state index contributed by atoms with van der Waals surface area (Å²) in [6.07, 6.45) is 12.1. The van der Waals surface area contributed by atoms with Crippen molar-refractivity contribution in [2.24, 2.45) is 0 Å². The number of fused-ring (bicyclic) bond motifs is 1. The van der Waals surface area contributed by atoms with E-state index in [2.05, 4.69) is 32.0 Å². The standard InChI is InChI=1S/C24H26N6O2/c31-22-13-17(16-5-6-16)7-8-20(22)23-21-4-2-11-30(21)24(28-27-23)26-18-3-1-10-29(15-18)19-9-12-32-25-14-19/h2,4,7-9,11-14,16,18,25,31H,1,3,5-6,10,15H2,(H,26,28)/t18-/m1/s1. The lowest BCUT2D eigenvalue weighted by atomic mass is 10.0. The van der Waals surface area contributed by atoms with Crippen LogP contribution in [-0.2, 0) is 4.84 Å². The van der Waals surface area contributed by atoms with Crippen molar-refractivity contribution in [3.8, 4) is 17.0 Å². The average Bonchev–Trinajstić information content (AvgIpc) is 3.56. The van der Waals surface area contributed by atoms with Gasteiger partial charge in [-0.2, -0.15) is 0 Å². The number of phenols is 1. The number of anilines is 1. The smallest absolute Gasteiger partial charge is 0.228 e. The molecule has 0 unspecified atom stereocenters. The van der Waals surface area contributed by atoms with Gasteiger partial charge >= 0.3 is 0 Å². The van der Waals surface area contributed by atoms with Crippen LogP contribution in [0.2, 0.25) is 0 Å². The Morgan fingerprint density at radius 1 is 1.16 bits per heavy atom. The van der Waals surface area contributed by atoms with Crippen LogP contribution in [0.1, 0.15) is 37.2 Å². The maximum absolute atomic E-state index is 10.7. The summed E-state index contributed by atoms with van der Waals surface area (Å²) in [4.78, 5) is 7.38. The topological polar surface area (TPSA) is 87.0 Å². The van der Waals surface area contributed by atoms with Gasteiger partial charge in [-0.15, -0.1) is 10.2 Å². The van der Waals surface area contributed by atoms with Gasteiger partial charge in [-0.1, -0.05) is 6.07 Å². The van der Waals surface area contributed by atoms with E-state index in [4.69, 9.17) is 4.84 Å². The molecule has 3 aromatic rings. The van der Waals surface area contributed by atoms with E-state index >= 15 is 0 Å². The van der Waals surface area contributed by atoms with Crippen molar-refractivity contribution in [3.63, 3.8) is 0 Å². The Hall–Kier alpha value is -3.68. The number of aromatic nitrogens is 3. The van der Waals surface area contributed by atoms with Crippen LogP contribution in [0, 0.1) is 0 Å². The summed E-state index contributed by atoms with van der Waals surface area (Å²) < 4.78 is 2.02. The van der Waals surface area contributed by atoms with Crippen molar-refractivity contribution in [2.45, 2.75) is 37.6 Å². The molecule has 1 atom stereocenters. The predicted molar refractivity (Wildman–Crippen MR) is 122 cm³/mol. The predicted octanol–water partition coefficient (Wildman–Crippen LogP) is 3.75. The largest absolute Gasteiger partial charge is 0.507 e. The molecule has 0 radical (unpaired) electrons. The second-order valence-electron chi connectivity index (χ2n) is 8.72. The van der Waals surface area contributed by atoms with E-state index in [0.717, 1.165) is 37.1 Å². The summed E-state index contributed by atoms with van der Waals surface area (Å²) in [5.74, 6) is 1.57. The summed E-state index contributed by atoms with van der Waals surface area (Å²) in [6, 6.07) is 10.2. The fraction of sp³-hybridized carbons (Fsp3) is 0.333. The van der Waals surface area contributed by atoms with Crippen molar-refractivity contribution in [1.29, 1.82) is 0 Å². The SMILES string of the molecule is Oc1cc(C2CC2)ccc1-c1nnc(N[C@@H]2CCCN(C3=CNOC=C3)C2)n2cccc12. The lowest BCUT2D eigenvalue weighted by Crippen LogP contribution is -2.42. The van der Waals surface area contributed by atoms with Crippen molar-refractivity contribution < 1.29 is 9.94 Å². The highest BCUT2D eigenvalue weighted by Gasteiger charge is 2.26. The number of likely N-dealkylation sites (tertiary alicyclic amines) is 1. The molecule has 6 rings (SSSR count). The number of rotatable bonds is 5. The van der Waals surface area contributed by atoms with Gasteiger partial charge in [-0.05, 0) is 61.4 Å². The van der Waals surface area contributed by atoms with E-state index in [9.17, 15) is 5.11 Å². The molecule has 1 saturated carbocycles. The Morgan fingerprint density at radius 2 is 2.09 bits per heavy atom. The Morgan fingerprint density at radius 3 is 2.91 bits per heavy atom. The van der Waals surface area contributed by atoms with Gasteiger partial charge in [0.15, 0.2) is 0 Å². The van der Waals surface area contributed by atoms with Crippen molar-refractivity contribution in [3.05, 3.63) is 66.3 Å². The van der Waals surface area contributed by atoms with Crippen molar-refractivity contribution >= 4 is 11.5 Å². The number of nitrogens with zero attached hydrogens (tertiary/aromatic N) is 4. The number of aromatic hydroxyl groups is 1. The fourth-order valence-corrected chi connectivity index (χ4v) is 4.66. The molecule has 164 valence electrons. The molecule has 2 aliphatic heterocycles. The first-order chi connectivity index (χ1) is 15.8. The number of hydrogen-bond acceptors (Lipinski definition) is 7.